The summed E-state index contributed by atoms with van der Waals surface area (Å²) in [5.74, 6) is 0.763. The van der Waals surface area contributed by atoms with Crippen LogP contribution in [0.2, 0.25) is 0 Å². The predicted octanol–water partition coefficient (Wildman–Crippen LogP) is 2.24. The first-order valence-corrected chi connectivity index (χ1v) is 10.1. The Morgan fingerprint density at radius 3 is 2.67 bits per heavy atom. The van der Waals surface area contributed by atoms with Crippen molar-refractivity contribution in [3.05, 3.63) is 60.2 Å². The average molecular weight is 416 g/mol. The summed E-state index contributed by atoms with van der Waals surface area (Å²) in [5.41, 5.74) is 0.950. The molecule has 2 aromatic rings. The van der Waals surface area contributed by atoms with Crippen molar-refractivity contribution in [1.29, 1.82) is 0 Å². The molecule has 0 spiro atoms. The molecule has 0 saturated carbocycles. The summed E-state index contributed by atoms with van der Waals surface area (Å²) in [6.07, 6.45) is 2.27. The summed E-state index contributed by atoms with van der Waals surface area (Å²) in [6, 6.07) is 11.6. The lowest BCUT2D eigenvalue weighted by Crippen LogP contribution is -2.42. The van der Waals surface area contributed by atoms with Gasteiger partial charge in [0.05, 0.1) is 6.54 Å². The van der Waals surface area contributed by atoms with Crippen molar-refractivity contribution in [3.8, 4) is 5.75 Å². The van der Waals surface area contributed by atoms with E-state index in [1.807, 2.05) is 32.0 Å². The first-order valence-electron chi connectivity index (χ1n) is 10.1. The van der Waals surface area contributed by atoms with Gasteiger partial charge in [-0.15, -0.1) is 0 Å². The van der Waals surface area contributed by atoms with Crippen LogP contribution < -0.4 is 15.4 Å². The van der Waals surface area contributed by atoms with Gasteiger partial charge in [0.25, 0.3) is 0 Å². The SMILES string of the molecule is CCNC(=NCC(=O)N(C)CCc1ccccn1)NCC(C)Oc1ccc(F)cc1. The zero-order chi connectivity index (χ0) is 21.8. The molecule has 2 rings (SSSR count). The fourth-order valence-electron chi connectivity index (χ4n) is 2.59. The Balaban J connectivity index is 1.79. The van der Waals surface area contributed by atoms with E-state index in [0.717, 1.165) is 5.69 Å². The van der Waals surface area contributed by atoms with Gasteiger partial charge in [-0.2, -0.15) is 0 Å². The number of benzene rings is 1. The number of pyridine rings is 1. The molecule has 0 aliphatic heterocycles. The number of aromatic nitrogens is 1. The zero-order valence-corrected chi connectivity index (χ0v) is 17.8. The van der Waals surface area contributed by atoms with E-state index in [9.17, 15) is 9.18 Å². The number of nitrogens with zero attached hydrogens (tertiary/aromatic N) is 3. The second-order valence-corrected chi connectivity index (χ2v) is 6.84. The maximum absolute atomic E-state index is 13.0. The second kappa shape index (κ2) is 12.4. The number of amides is 1. The minimum atomic E-state index is -0.302. The van der Waals surface area contributed by atoms with E-state index >= 15 is 0 Å². The number of ether oxygens (including phenoxy) is 1. The van der Waals surface area contributed by atoms with Gasteiger partial charge in [0, 0.05) is 38.4 Å². The Morgan fingerprint density at radius 2 is 2.00 bits per heavy atom. The van der Waals surface area contributed by atoms with Crippen LogP contribution in [0.15, 0.2) is 53.7 Å². The Morgan fingerprint density at radius 1 is 1.23 bits per heavy atom. The molecule has 0 radical (unpaired) electrons. The normalized spacial score (nSPS) is 12.2. The number of halogens is 1. The Bertz CT molecular complexity index is 799. The van der Waals surface area contributed by atoms with Crippen molar-refractivity contribution in [2.75, 3.05) is 33.2 Å². The van der Waals surface area contributed by atoms with Crippen LogP contribution in [0, 0.1) is 5.82 Å². The van der Waals surface area contributed by atoms with E-state index in [4.69, 9.17) is 4.74 Å². The number of carbonyl (C=O) groups excluding carboxylic acids is 1. The van der Waals surface area contributed by atoms with Gasteiger partial charge in [0.1, 0.15) is 24.2 Å². The molecule has 1 unspecified atom stereocenters. The number of rotatable bonds is 10. The third-order valence-corrected chi connectivity index (χ3v) is 4.28. The monoisotopic (exact) mass is 415 g/mol. The maximum Gasteiger partial charge on any atom is 0.244 e. The van der Waals surface area contributed by atoms with Gasteiger partial charge in [-0.3, -0.25) is 9.78 Å². The van der Waals surface area contributed by atoms with Crippen LogP contribution >= 0.6 is 0 Å². The number of carbonyl (C=O) groups is 1. The molecule has 0 bridgehead atoms. The van der Waals surface area contributed by atoms with E-state index in [1.54, 1.807) is 30.3 Å². The smallest absolute Gasteiger partial charge is 0.244 e. The van der Waals surface area contributed by atoms with E-state index in [1.165, 1.54) is 12.1 Å². The van der Waals surface area contributed by atoms with Crippen LogP contribution in [0.4, 0.5) is 4.39 Å². The van der Waals surface area contributed by atoms with Crippen LogP contribution in [0.5, 0.6) is 5.75 Å². The Hall–Kier alpha value is -3.16. The Kier molecular flexibility index (Phi) is 9.57. The van der Waals surface area contributed by atoms with Gasteiger partial charge in [0.2, 0.25) is 5.91 Å². The molecule has 1 aromatic carbocycles. The first kappa shape index (κ1) is 23.1. The molecule has 1 aromatic heterocycles. The number of likely N-dealkylation sites (N-methyl/N-ethyl adjacent to an activating group) is 1. The highest BCUT2D eigenvalue weighted by Gasteiger charge is 2.10. The lowest BCUT2D eigenvalue weighted by atomic mass is 10.2. The molecular weight excluding hydrogens is 385 g/mol. The summed E-state index contributed by atoms with van der Waals surface area (Å²) in [6.45, 7) is 5.63. The van der Waals surface area contributed by atoms with Crippen molar-refractivity contribution in [3.63, 3.8) is 0 Å². The van der Waals surface area contributed by atoms with Crippen LogP contribution in [0.25, 0.3) is 0 Å². The summed E-state index contributed by atoms with van der Waals surface area (Å²) in [7, 11) is 1.76. The van der Waals surface area contributed by atoms with Crippen LogP contribution in [-0.4, -0.2) is 61.1 Å². The van der Waals surface area contributed by atoms with Gasteiger partial charge in [-0.1, -0.05) is 6.07 Å². The minimum absolute atomic E-state index is 0.0429. The summed E-state index contributed by atoms with van der Waals surface area (Å²) in [4.78, 5) is 22.7. The fraction of sp³-hybridized carbons (Fsp3) is 0.409. The highest BCUT2D eigenvalue weighted by atomic mass is 19.1. The quantitative estimate of drug-likeness (QED) is 0.460. The molecule has 0 saturated heterocycles. The van der Waals surface area contributed by atoms with Gasteiger partial charge in [0.15, 0.2) is 5.96 Å². The van der Waals surface area contributed by atoms with Crippen molar-refractivity contribution in [2.45, 2.75) is 26.4 Å². The third kappa shape index (κ3) is 8.46. The summed E-state index contributed by atoms with van der Waals surface area (Å²) in [5, 5.41) is 6.28. The number of hydrogen-bond acceptors (Lipinski definition) is 4. The zero-order valence-electron chi connectivity index (χ0n) is 17.8. The molecule has 2 N–H and O–H groups in total. The van der Waals surface area contributed by atoms with Gasteiger partial charge >= 0.3 is 0 Å². The van der Waals surface area contributed by atoms with E-state index in [0.29, 0.717) is 37.8 Å². The van der Waals surface area contributed by atoms with E-state index < -0.39 is 0 Å². The molecular formula is C22H30FN5O2. The standard InChI is InChI=1S/C22H30FN5O2/c1-4-24-22(26-15-17(2)30-20-10-8-18(23)9-11-20)27-16-21(29)28(3)14-12-19-7-5-6-13-25-19/h5-11,13,17H,4,12,14-16H2,1-3H3,(H2,24,26,27). The summed E-state index contributed by atoms with van der Waals surface area (Å²) < 4.78 is 18.7. The number of hydrogen-bond donors (Lipinski definition) is 2. The van der Waals surface area contributed by atoms with Crippen LogP contribution in [0.3, 0.4) is 0 Å². The fourth-order valence-corrected chi connectivity index (χ4v) is 2.59. The van der Waals surface area contributed by atoms with Crippen molar-refractivity contribution >= 4 is 11.9 Å². The van der Waals surface area contributed by atoms with Crippen LogP contribution in [0.1, 0.15) is 19.5 Å². The largest absolute Gasteiger partial charge is 0.489 e. The molecule has 0 aliphatic carbocycles. The molecule has 1 amide bonds. The average Bonchev–Trinajstić information content (AvgIpc) is 2.76. The molecule has 162 valence electrons. The molecule has 30 heavy (non-hydrogen) atoms. The molecule has 1 heterocycles. The number of nitrogens with one attached hydrogen (secondary N) is 2. The topological polar surface area (TPSA) is 78.9 Å². The lowest BCUT2D eigenvalue weighted by Gasteiger charge is -2.19. The van der Waals surface area contributed by atoms with Crippen molar-refractivity contribution in [2.24, 2.45) is 4.99 Å². The highest BCUT2D eigenvalue weighted by molar-refractivity contribution is 5.84. The number of guanidine groups is 1. The lowest BCUT2D eigenvalue weighted by molar-refractivity contribution is -0.128. The highest BCUT2D eigenvalue weighted by Crippen LogP contribution is 2.12. The van der Waals surface area contributed by atoms with E-state index in [-0.39, 0.29) is 24.4 Å². The molecule has 7 nitrogen and oxygen atoms in total. The molecule has 1 atom stereocenters. The number of aliphatic imine (C=N–C) groups is 1. The van der Waals surface area contributed by atoms with Crippen molar-refractivity contribution in [1.82, 2.24) is 20.5 Å². The minimum Gasteiger partial charge on any atom is -0.489 e. The van der Waals surface area contributed by atoms with Crippen LogP contribution in [-0.2, 0) is 11.2 Å². The third-order valence-electron chi connectivity index (χ3n) is 4.28. The van der Waals surface area contributed by atoms with Gasteiger partial charge in [-0.05, 0) is 50.2 Å². The summed E-state index contributed by atoms with van der Waals surface area (Å²) >= 11 is 0. The van der Waals surface area contributed by atoms with E-state index in [2.05, 4.69) is 20.6 Å². The molecule has 0 aliphatic rings. The second-order valence-electron chi connectivity index (χ2n) is 6.84. The van der Waals surface area contributed by atoms with Gasteiger partial charge in [-0.25, -0.2) is 9.38 Å². The van der Waals surface area contributed by atoms with Crippen molar-refractivity contribution < 1.29 is 13.9 Å². The maximum atomic E-state index is 13.0. The molecule has 8 heteroatoms. The Labute approximate surface area is 177 Å². The van der Waals surface area contributed by atoms with Gasteiger partial charge < -0.3 is 20.3 Å². The molecule has 0 fully saturated rings. The first-order chi connectivity index (χ1) is 14.5. The predicted molar refractivity (Wildman–Crippen MR) is 116 cm³/mol.